The molecule has 2 aromatic carbocycles. The molecular weight excluding hydrogens is 386 g/mol. The second kappa shape index (κ2) is 7.36. The summed E-state index contributed by atoms with van der Waals surface area (Å²) in [5, 5.41) is 9.50. The third-order valence-electron chi connectivity index (χ3n) is 4.85. The fourth-order valence-corrected chi connectivity index (χ4v) is 4.20. The van der Waals surface area contributed by atoms with Crippen molar-refractivity contribution in [3.8, 4) is 11.5 Å². The van der Waals surface area contributed by atoms with Gasteiger partial charge in [0, 0.05) is 12.8 Å². The highest BCUT2D eigenvalue weighted by Crippen LogP contribution is 2.36. The van der Waals surface area contributed by atoms with E-state index in [1.807, 2.05) is 67.1 Å². The van der Waals surface area contributed by atoms with E-state index in [-0.39, 0.29) is 6.10 Å². The first-order chi connectivity index (χ1) is 14.2. The summed E-state index contributed by atoms with van der Waals surface area (Å²) < 4.78 is 13.8. The predicted molar refractivity (Wildman–Crippen MR) is 110 cm³/mol. The molecular formula is C21H19N5O2S. The van der Waals surface area contributed by atoms with Crippen LogP contribution in [-0.4, -0.2) is 31.3 Å². The van der Waals surface area contributed by atoms with E-state index in [9.17, 15) is 0 Å². The smallest absolute Gasteiger partial charge is 0.192 e. The second-order valence-electron chi connectivity index (χ2n) is 6.80. The summed E-state index contributed by atoms with van der Waals surface area (Å²) in [6, 6.07) is 15.6. The Morgan fingerprint density at radius 1 is 1.00 bits per heavy atom. The van der Waals surface area contributed by atoms with Gasteiger partial charge in [-0.2, -0.15) is 0 Å². The minimum absolute atomic E-state index is 0.293. The lowest BCUT2D eigenvalue weighted by atomic mass is 10.2. The summed E-state index contributed by atoms with van der Waals surface area (Å²) in [4.78, 5) is 9.41. The van der Waals surface area contributed by atoms with Crippen LogP contribution in [0.2, 0.25) is 0 Å². The highest BCUT2D eigenvalue weighted by Gasteiger charge is 2.27. The van der Waals surface area contributed by atoms with Crippen molar-refractivity contribution in [3.05, 3.63) is 65.7 Å². The highest BCUT2D eigenvalue weighted by molar-refractivity contribution is 7.98. The monoisotopic (exact) mass is 405 g/mol. The molecule has 1 atom stereocenters. The third-order valence-corrected chi connectivity index (χ3v) is 5.88. The van der Waals surface area contributed by atoms with Gasteiger partial charge >= 0.3 is 0 Å². The number of aromatic nitrogens is 5. The van der Waals surface area contributed by atoms with Crippen molar-refractivity contribution in [2.45, 2.75) is 23.9 Å². The van der Waals surface area contributed by atoms with Gasteiger partial charge < -0.3 is 14.0 Å². The van der Waals surface area contributed by atoms with Crippen LogP contribution in [0.5, 0.6) is 11.5 Å². The van der Waals surface area contributed by atoms with E-state index in [0.29, 0.717) is 12.4 Å². The maximum absolute atomic E-state index is 6.06. The zero-order valence-corrected chi connectivity index (χ0v) is 16.9. The van der Waals surface area contributed by atoms with Crippen LogP contribution in [0.15, 0.2) is 53.7 Å². The standard InChI is InChI=1S/C21H19N5O2S/c1-13-16(23-15-8-4-3-7-14(15)22-13)12-29-21-25-24-20(26(21)2)19-11-27-17-9-5-6-10-18(17)28-19/h3-10,19H,11-12H2,1-2H3/t19-/m0/s1. The largest absolute Gasteiger partial charge is 0.485 e. The molecule has 7 nitrogen and oxygen atoms in total. The van der Waals surface area contributed by atoms with Crippen molar-refractivity contribution in [3.63, 3.8) is 0 Å². The minimum Gasteiger partial charge on any atom is -0.485 e. The number of fused-ring (bicyclic) bond motifs is 2. The summed E-state index contributed by atoms with van der Waals surface area (Å²) >= 11 is 1.58. The number of rotatable bonds is 4. The average Bonchev–Trinajstić information content (AvgIpc) is 3.12. The Labute approximate surface area is 172 Å². The molecule has 0 bridgehead atoms. The molecule has 146 valence electrons. The van der Waals surface area contributed by atoms with Gasteiger partial charge in [0.15, 0.2) is 28.6 Å². The van der Waals surface area contributed by atoms with E-state index in [2.05, 4.69) is 15.2 Å². The molecule has 4 aromatic rings. The molecule has 0 aliphatic carbocycles. The topological polar surface area (TPSA) is 75.0 Å². The molecule has 0 fully saturated rings. The Bertz CT molecular complexity index is 1190. The maximum atomic E-state index is 6.06. The number of ether oxygens (including phenoxy) is 2. The van der Waals surface area contributed by atoms with E-state index < -0.39 is 0 Å². The summed E-state index contributed by atoms with van der Waals surface area (Å²) in [7, 11) is 1.94. The average molecular weight is 405 g/mol. The van der Waals surface area contributed by atoms with E-state index in [4.69, 9.17) is 14.5 Å². The van der Waals surface area contributed by atoms with Crippen molar-refractivity contribution < 1.29 is 9.47 Å². The molecule has 1 aliphatic rings. The Hall–Kier alpha value is -3.13. The van der Waals surface area contributed by atoms with Gasteiger partial charge in [-0.25, -0.2) is 9.97 Å². The van der Waals surface area contributed by atoms with Crippen molar-refractivity contribution in [1.82, 2.24) is 24.7 Å². The van der Waals surface area contributed by atoms with Crippen LogP contribution in [0.25, 0.3) is 11.0 Å². The first-order valence-electron chi connectivity index (χ1n) is 9.32. The second-order valence-corrected chi connectivity index (χ2v) is 7.74. The summed E-state index contributed by atoms with van der Waals surface area (Å²) in [6.07, 6.45) is -0.293. The molecule has 5 rings (SSSR count). The zero-order valence-electron chi connectivity index (χ0n) is 16.1. The minimum atomic E-state index is -0.293. The van der Waals surface area contributed by atoms with Gasteiger partial charge in [0.25, 0.3) is 0 Å². The SMILES string of the molecule is Cc1nc2ccccc2nc1CSc1nnc([C@@H]2COc3ccccc3O2)n1C. The molecule has 0 radical (unpaired) electrons. The molecule has 29 heavy (non-hydrogen) atoms. The van der Waals surface area contributed by atoms with E-state index >= 15 is 0 Å². The summed E-state index contributed by atoms with van der Waals surface area (Å²) in [6.45, 7) is 2.39. The number of hydrogen-bond donors (Lipinski definition) is 0. The van der Waals surface area contributed by atoms with Crippen LogP contribution >= 0.6 is 11.8 Å². The van der Waals surface area contributed by atoms with Crippen molar-refractivity contribution >= 4 is 22.8 Å². The summed E-state index contributed by atoms with van der Waals surface area (Å²) in [5.41, 5.74) is 3.69. The normalized spacial score (nSPS) is 15.6. The molecule has 0 saturated heterocycles. The van der Waals surface area contributed by atoms with Crippen LogP contribution in [0.4, 0.5) is 0 Å². The zero-order chi connectivity index (χ0) is 19.8. The molecule has 0 N–H and O–H groups in total. The van der Waals surface area contributed by atoms with Crippen LogP contribution in [0, 0.1) is 6.92 Å². The lowest BCUT2D eigenvalue weighted by Gasteiger charge is -2.25. The fourth-order valence-electron chi connectivity index (χ4n) is 3.27. The van der Waals surface area contributed by atoms with Crippen molar-refractivity contribution in [1.29, 1.82) is 0 Å². The van der Waals surface area contributed by atoms with Crippen LogP contribution < -0.4 is 9.47 Å². The Morgan fingerprint density at radius 2 is 1.72 bits per heavy atom. The van der Waals surface area contributed by atoms with Crippen molar-refractivity contribution in [2.24, 2.45) is 7.05 Å². The van der Waals surface area contributed by atoms with Crippen molar-refractivity contribution in [2.75, 3.05) is 6.61 Å². The Morgan fingerprint density at radius 3 is 2.55 bits per heavy atom. The van der Waals surface area contributed by atoms with Crippen LogP contribution in [0.3, 0.4) is 0 Å². The third kappa shape index (κ3) is 3.40. The maximum Gasteiger partial charge on any atom is 0.192 e. The number of nitrogens with zero attached hydrogens (tertiary/aromatic N) is 5. The van der Waals surface area contributed by atoms with E-state index in [1.54, 1.807) is 11.8 Å². The van der Waals surface area contributed by atoms with Gasteiger partial charge in [-0.15, -0.1) is 10.2 Å². The molecule has 2 aromatic heterocycles. The summed E-state index contributed by atoms with van der Waals surface area (Å²) in [5.74, 6) is 2.89. The number of benzene rings is 2. The van der Waals surface area contributed by atoms with Gasteiger partial charge in [0.1, 0.15) is 6.61 Å². The Kier molecular flexibility index (Phi) is 4.55. The lowest BCUT2D eigenvalue weighted by Crippen LogP contribution is -2.24. The Balaban J connectivity index is 1.34. The highest BCUT2D eigenvalue weighted by atomic mass is 32.2. The molecule has 1 aliphatic heterocycles. The molecule has 0 saturated carbocycles. The van der Waals surface area contributed by atoms with Gasteiger partial charge in [-0.05, 0) is 31.2 Å². The van der Waals surface area contributed by atoms with Gasteiger partial charge in [0.05, 0.1) is 22.4 Å². The van der Waals surface area contributed by atoms with Gasteiger partial charge in [-0.3, -0.25) is 0 Å². The van der Waals surface area contributed by atoms with E-state index in [1.165, 1.54) is 0 Å². The number of thioether (sulfide) groups is 1. The predicted octanol–water partition coefficient (Wildman–Crippen LogP) is 3.87. The number of hydrogen-bond acceptors (Lipinski definition) is 7. The van der Waals surface area contributed by atoms with Gasteiger partial charge in [-0.1, -0.05) is 36.0 Å². The van der Waals surface area contributed by atoms with E-state index in [0.717, 1.165) is 44.9 Å². The molecule has 8 heteroatoms. The first kappa shape index (κ1) is 17.9. The van der Waals surface area contributed by atoms with Crippen LogP contribution in [-0.2, 0) is 12.8 Å². The molecule has 3 heterocycles. The number of para-hydroxylation sites is 4. The quantitative estimate of drug-likeness (QED) is 0.477. The first-order valence-corrected chi connectivity index (χ1v) is 10.3. The molecule has 0 spiro atoms. The fraction of sp³-hybridized carbons (Fsp3) is 0.238. The lowest BCUT2D eigenvalue weighted by molar-refractivity contribution is 0.0825. The van der Waals surface area contributed by atoms with Gasteiger partial charge in [0.2, 0.25) is 0 Å². The number of aryl methyl sites for hydroxylation is 1. The molecule has 0 unspecified atom stereocenters. The molecule has 0 amide bonds. The van der Waals surface area contributed by atoms with Crippen LogP contribution in [0.1, 0.15) is 23.3 Å².